The van der Waals surface area contributed by atoms with Crippen molar-refractivity contribution in [3.8, 4) is 11.5 Å². The van der Waals surface area contributed by atoms with Gasteiger partial charge < -0.3 is 9.47 Å². The van der Waals surface area contributed by atoms with Crippen molar-refractivity contribution < 1.29 is 9.47 Å². The number of aromatic nitrogens is 3. The number of fused-ring (bicyclic) bond motifs is 3. The molecule has 6 nitrogen and oxygen atoms in total. The van der Waals surface area contributed by atoms with Gasteiger partial charge in [0.1, 0.15) is 11.0 Å². The number of hydrogen-bond acceptors (Lipinski definition) is 6. The molecule has 3 aromatic rings. The molecule has 3 aliphatic rings. The summed E-state index contributed by atoms with van der Waals surface area (Å²) in [5, 5.41) is 1.56. The largest absolute Gasteiger partial charge is 0.454 e. The van der Waals surface area contributed by atoms with Crippen LogP contribution in [0.3, 0.4) is 0 Å². The summed E-state index contributed by atoms with van der Waals surface area (Å²) >= 11 is 6.55. The van der Waals surface area contributed by atoms with E-state index in [4.69, 9.17) is 31.0 Å². The summed E-state index contributed by atoms with van der Waals surface area (Å²) in [4.78, 5) is 16.7. The highest BCUT2D eigenvalue weighted by atomic mass is 35.5. The smallest absolute Gasteiger partial charge is 0.231 e. The first-order valence-corrected chi connectivity index (χ1v) is 11.6. The topological polar surface area (TPSA) is 60.4 Å². The maximum atomic E-state index is 6.55. The van der Waals surface area contributed by atoms with Gasteiger partial charge in [-0.25, -0.2) is 15.0 Å². The Morgan fingerprint density at radius 3 is 2.74 bits per heavy atom. The van der Waals surface area contributed by atoms with Gasteiger partial charge in [-0.3, -0.25) is 4.90 Å². The second-order valence-electron chi connectivity index (χ2n) is 8.83. The molecule has 160 valence electrons. The van der Waals surface area contributed by atoms with E-state index in [2.05, 4.69) is 22.1 Å². The average molecular weight is 437 g/mol. The van der Waals surface area contributed by atoms with Crippen molar-refractivity contribution in [2.24, 2.45) is 0 Å². The lowest BCUT2D eigenvalue weighted by Crippen LogP contribution is -2.31. The predicted molar refractivity (Wildman–Crippen MR) is 119 cm³/mol. The number of nitrogens with zero attached hydrogens (tertiary/aromatic N) is 4. The molecule has 1 aliphatic carbocycles. The van der Waals surface area contributed by atoms with E-state index in [1.807, 2.05) is 12.1 Å². The van der Waals surface area contributed by atoms with Crippen molar-refractivity contribution in [3.05, 3.63) is 52.2 Å². The molecule has 6 rings (SSSR count). The second kappa shape index (κ2) is 7.92. The van der Waals surface area contributed by atoms with Crippen molar-refractivity contribution in [2.75, 3.05) is 13.3 Å². The third-order valence-corrected chi connectivity index (χ3v) is 7.06. The zero-order valence-electron chi connectivity index (χ0n) is 17.4. The van der Waals surface area contributed by atoms with E-state index in [9.17, 15) is 0 Å². The highest BCUT2D eigenvalue weighted by molar-refractivity contribution is 6.30. The summed E-state index contributed by atoms with van der Waals surface area (Å²) in [7, 11) is 0. The monoisotopic (exact) mass is 436 g/mol. The van der Waals surface area contributed by atoms with Crippen LogP contribution in [-0.2, 0) is 19.5 Å². The van der Waals surface area contributed by atoms with Gasteiger partial charge in [0.25, 0.3) is 0 Å². The molecule has 7 heteroatoms. The summed E-state index contributed by atoms with van der Waals surface area (Å²) < 4.78 is 11.0. The first kappa shape index (κ1) is 19.3. The van der Waals surface area contributed by atoms with E-state index in [0.29, 0.717) is 11.1 Å². The SMILES string of the molecule is Clc1nc2cc3c(cc2cc1CN1CCc2nc(C4CCCCC4)ncc2C1)OCO3. The Balaban J connectivity index is 1.21. The molecular weight excluding hydrogens is 412 g/mol. The van der Waals surface area contributed by atoms with Crippen LogP contribution >= 0.6 is 11.6 Å². The molecule has 31 heavy (non-hydrogen) atoms. The molecule has 0 unspecified atom stereocenters. The lowest BCUT2D eigenvalue weighted by atomic mass is 9.88. The summed E-state index contributed by atoms with van der Waals surface area (Å²) in [6, 6.07) is 5.99. The predicted octanol–water partition coefficient (Wildman–Crippen LogP) is 5.01. The Hall–Kier alpha value is -2.44. The maximum Gasteiger partial charge on any atom is 0.231 e. The molecule has 1 aromatic carbocycles. The first-order valence-electron chi connectivity index (χ1n) is 11.2. The van der Waals surface area contributed by atoms with E-state index < -0.39 is 0 Å². The van der Waals surface area contributed by atoms with Crippen LogP contribution < -0.4 is 9.47 Å². The van der Waals surface area contributed by atoms with Crippen LogP contribution in [0.5, 0.6) is 11.5 Å². The van der Waals surface area contributed by atoms with E-state index in [1.165, 1.54) is 43.4 Å². The third kappa shape index (κ3) is 3.72. The van der Waals surface area contributed by atoms with Crippen LogP contribution in [0.4, 0.5) is 0 Å². The maximum absolute atomic E-state index is 6.55. The number of benzene rings is 1. The molecule has 1 fully saturated rings. The van der Waals surface area contributed by atoms with E-state index in [-0.39, 0.29) is 6.79 Å². The normalized spacial score (nSPS) is 19.0. The molecule has 0 amide bonds. The molecule has 2 aliphatic heterocycles. The number of rotatable bonds is 3. The average Bonchev–Trinajstić information content (AvgIpc) is 3.25. The van der Waals surface area contributed by atoms with Gasteiger partial charge in [-0.2, -0.15) is 0 Å². The quantitative estimate of drug-likeness (QED) is 0.537. The summed E-state index contributed by atoms with van der Waals surface area (Å²) in [5.41, 5.74) is 4.31. The van der Waals surface area contributed by atoms with E-state index >= 15 is 0 Å². The van der Waals surface area contributed by atoms with Crippen molar-refractivity contribution >= 4 is 22.5 Å². The minimum absolute atomic E-state index is 0.254. The Morgan fingerprint density at radius 1 is 1.03 bits per heavy atom. The summed E-state index contributed by atoms with van der Waals surface area (Å²) in [6.07, 6.45) is 9.44. The number of ether oxygens (including phenoxy) is 2. The van der Waals surface area contributed by atoms with Crippen LogP contribution in [0.2, 0.25) is 5.15 Å². The lowest BCUT2D eigenvalue weighted by molar-refractivity contribution is 0.174. The standard InChI is InChI=1S/C24H25ClN4O2/c25-23-17(8-16-9-21-22(31-14-30-21)10-20(16)27-23)12-29-7-6-19-18(13-29)11-26-24(28-19)15-4-2-1-3-5-15/h8-11,15H,1-7,12-14H2. The molecule has 0 N–H and O–H groups in total. The van der Waals surface area contributed by atoms with E-state index in [1.54, 1.807) is 0 Å². The van der Waals surface area contributed by atoms with Crippen molar-refractivity contribution in [3.63, 3.8) is 0 Å². The lowest BCUT2D eigenvalue weighted by Gasteiger charge is -2.29. The minimum Gasteiger partial charge on any atom is -0.454 e. The van der Waals surface area contributed by atoms with Gasteiger partial charge in [0.05, 0.1) is 5.52 Å². The molecule has 2 aromatic heterocycles. The summed E-state index contributed by atoms with van der Waals surface area (Å²) in [6.45, 7) is 2.81. The Kier molecular flexibility index (Phi) is 4.92. The van der Waals surface area contributed by atoms with Gasteiger partial charge in [-0.1, -0.05) is 30.9 Å². The molecule has 0 radical (unpaired) electrons. The zero-order chi connectivity index (χ0) is 20.8. The molecular formula is C24H25ClN4O2. The van der Waals surface area contributed by atoms with Crippen LogP contribution in [0, 0.1) is 0 Å². The number of pyridine rings is 1. The Bertz CT molecular complexity index is 1150. The Morgan fingerprint density at radius 2 is 1.87 bits per heavy atom. The highest BCUT2D eigenvalue weighted by Crippen LogP contribution is 2.37. The Labute approximate surface area is 186 Å². The van der Waals surface area contributed by atoms with Gasteiger partial charge in [0, 0.05) is 66.4 Å². The molecule has 0 spiro atoms. The summed E-state index contributed by atoms with van der Waals surface area (Å²) in [5.74, 6) is 3.10. The molecule has 0 saturated heterocycles. The fraction of sp³-hybridized carbons (Fsp3) is 0.458. The molecule has 1 saturated carbocycles. The van der Waals surface area contributed by atoms with Crippen molar-refractivity contribution in [1.29, 1.82) is 0 Å². The fourth-order valence-corrected chi connectivity index (χ4v) is 5.22. The molecule has 0 bridgehead atoms. The second-order valence-corrected chi connectivity index (χ2v) is 9.19. The number of hydrogen-bond donors (Lipinski definition) is 0. The van der Waals surface area contributed by atoms with Gasteiger partial charge in [-0.05, 0) is 25.0 Å². The fourth-order valence-electron chi connectivity index (χ4n) is 5.02. The molecule has 4 heterocycles. The third-order valence-electron chi connectivity index (χ3n) is 6.73. The first-order chi connectivity index (χ1) is 15.2. The zero-order valence-corrected chi connectivity index (χ0v) is 18.2. The van der Waals surface area contributed by atoms with Crippen molar-refractivity contribution in [1.82, 2.24) is 19.9 Å². The van der Waals surface area contributed by atoms with Crippen LogP contribution in [0.25, 0.3) is 10.9 Å². The number of halogens is 1. The minimum atomic E-state index is 0.254. The molecule has 0 atom stereocenters. The van der Waals surface area contributed by atoms with Gasteiger partial charge in [0.15, 0.2) is 11.5 Å². The van der Waals surface area contributed by atoms with Gasteiger partial charge in [-0.15, -0.1) is 0 Å². The highest BCUT2D eigenvalue weighted by Gasteiger charge is 2.24. The van der Waals surface area contributed by atoms with Gasteiger partial charge >= 0.3 is 0 Å². The van der Waals surface area contributed by atoms with Crippen LogP contribution in [-0.4, -0.2) is 33.2 Å². The van der Waals surface area contributed by atoms with Crippen LogP contribution in [0.1, 0.15) is 60.7 Å². The van der Waals surface area contributed by atoms with Crippen molar-refractivity contribution in [2.45, 2.75) is 57.5 Å². The van der Waals surface area contributed by atoms with E-state index in [0.717, 1.165) is 59.8 Å². The van der Waals surface area contributed by atoms with Gasteiger partial charge in [0.2, 0.25) is 6.79 Å². The van der Waals surface area contributed by atoms with Crippen LogP contribution in [0.15, 0.2) is 24.4 Å².